The Morgan fingerprint density at radius 2 is 2.18 bits per heavy atom. The average molecular weight is 241 g/mol. The van der Waals surface area contributed by atoms with Crippen molar-refractivity contribution >= 4 is 5.97 Å². The van der Waals surface area contributed by atoms with Gasteiger partial charge in [0, 0.05) is 13.5 Å². The van der Waals surface area contributed by atoms with Gasteiger partial charge in [-0.2, -0.15) is 4.98 Å². The lowest BCUT2D eigenvalue weighted by molar-refractivity contribution is -0.145. The molecule has 1 rings (SSSR count). The van der Waals surface area contributed by atoms with Gasteiger partial charge in [-0.25, -0.2) is 0 Å². The second kappa shape index (κ2) is 5.77. The molecule has 0 aromatic carbocycles. The highest BCUT2D eigenvalue weighted by Crippen LogP contribution is 2.16. The summed E-state index contributed by atoms with van der Waals surface area (Å²) in [6.07, 6.45) is 0. The molecule has 0 aliphatic rings. The highest BCUT2D eigenvalue weighted by Gasteiger charge is 2.22. The monoisotopic (exact) mass is 241 g/mol. The van der Waals surface area contributed by atoms with Crippen molar-refractivity contribution in [1.29, 1.82) is 0 Å². The molecule has 1 aromatic heterocycles. The van der Waals surface area contributed by atoms with Crippen molar-refractivity contribution in [2.75, 3.05) is 20.7 Å². The number of rotatable bonds is 5. The van der Waals surface area contributed by atoms with E-state index in [1.54, 1.807) is 6.92 Å². The first kappa shape index (κ1) is 13.6. The fraction of sp³-hybridized carbons (Fsp3) is 0.727. The zero-order valence-corrected chi connectivity index (χ0v) is 10.9. The molecule has 0 aliphatic carbocycles. The Balaban J connectivity index is 2.58. The Bertz CT molecular complexity index is 378. The predicted octanol–water partition coefficient (Wildman–Crippen LogP) is 1.18. The van der Waals surface area contributed by atoms with Crippen molar-refractivity contribution in [3.63, 3.8) is 0 Å². The second-order valence-corrected chi connectivity index (χ2v) is 4.21. The maximum Gasteiger partial charge on any atom is 0.309 e. The van der Waals surface area contributed by atoms with Gasteiger partial charge in [-0.05, 0) is 14.0 Å². The summed E-state index contributed by atoms with van der Waals surface area (Å²) in [5.41, 5.74) is 0. The zero-order valence-electron chi connectivity index (χ0n) is 10.9. The van der Waals surface area contributed by atoms with Crippen LogP contribution in [-0.4, -0.2) is 41.7 Å². The smallest absolute Gasteiger partial charge is 0.309 e. The number of esters is 1. The molecule has 1 aromatic rings. The van der Waals surface area contributed by atoms with Crippen molar-refractivity contribution in [3.05, 3.63) is 11.7 Å². The Labute approximate surface area is 101 Å². The number of carbonyl (C=O) groups is 1. The second-order valence-electron chi connectivity index (χ2n) is 4.21. The predicted molar refractivity (Wildman–Crippen MR) is 61.3 cm³/mol. The molecule has 96 valence electrons. The first-order valence-electron chi connectivity index (χ1n) is 5.54. The molecule has 6 nitrogen and oxygen atoms in total. The first-order chi connectivity index (χ1) is 7.95. The number of nitrogens with zero attached hydrogens (tertiary/aromatic N) is 3. The summed E-state index contributed by atoms with van der Waals surface area (Å²) >= 11 is 0. The summed E-state index contributed by atoms with van der Waals surface area (Å²) in [6.45, 7) is 6.13. The van der Waals surface area contributed by atoms with Gasteiger partial charge >= 0.3 is 5.97 Å². The van der Waals surface area contributed by atoms with Crippen LogP contribution in [0.25, 0.3) is 0 Å². The summed E-state index contributed by atoms with van der Waals surface area (Å²) in [6, 6.07) is -0.000411. The molecule has 1 heterocycles. The van der Waals surface area contributed by atoms with Crippen LogP contribution in [0.5, 0.6) is 0 Å². The fourth-order valence-corrected chi connectivity index (χ4v) is 1.55. The maximum atomic E-state index is 11.3. The van der Waals surface area contributed by atoms with E-state index in [2.05, 4.69) is 14.9 Å². The largest absolute Gasteiger partial charge is 0.469 e. The van der Waals surface area contributed by atoms with Crippen LogP contribution in [0, 0.1) is 12.8 Å². The van der Waals surface area contributed by atoms with Gasteiger partial charge in [-0.3, -0.25) is 9.69 Å². The quantitative estimate of drug-likeness (QED) is 0.721. The van der Waals surface area contributed by atoms with E-state index in [1.165, 1.54) is 7.11 Å². The summed E-state index contributed by atoms with van der Waals surface area (Å²) in [5, 5.41) is 3.87. The van der Waals surface area contributed by atoms with Crippen LogP contribution in [0.3, 0.4) is 0 Å². The fourth-order valence-electron chi connectivity index (χ4n) is 1.55. The van der Waals surface area contributed by atoms with E-state index in [4.69, 9.17) is 4.52 Å². The molecule has 0 amide bonds. The highest BCUT2D eigenvalue weighted by molar-refractivity contribution is 5.72. The van der Waals surface area contributed by atoms with Gasteiger partial charge in [0.25, 0.3) is 0 Å². The Morgan fingerprint density at radius 1 is 1.53 bits per heavy atom. The van der Waals surface area contributed by atoms with Crippen molar-refractivity contribution in [2.24, 2.45) is 5.92 Å². The van der Waals surface area contributed by atoms with E-state index in [9.17, 15) is 4.79 Å². The molecule has 0 radical (unpaired) electrons. The molecule has 0 N–H and O–H groups in total. The molecule has 0 saturated carbocycles. The Kier molecular flexibility index (Phi) is 4.62. The van der Waals surface area contributed by atoms with E-state index in [1.807, 2.05) is 25.8 Å². The Morgan fingerprint density at radius 3 is 2.65 bits per heavy atom. The van der Waals surface area contributed by atoms with Crippen molar-refractivity contribution < 1.29 is 14.1 Å². The molecular weight excluding hydrogens is 222 g/mol. The van der Waals surface area contributed by atoms with Gasteiger partial charge in [0.2, 0.25) is 5.89 Å². The number of hydrogen-bond acceptors (Lipinski definition) is 6. The normalized spacial score (nSPS) is 14.7. The molecular formula is C11H19N3O3. The van der Waals surface area contributed by atoms with E-state index in [-0.39, 0.29) is 17.9 Å². The third-order valence-electron chi connectivity index (χ3n) is 2.74. The third-order valence-corrected chi connectivity index (χ3v) is 2.74. The van der Waals surface area contributed by atoms with Crippen LogP contribution < -0.4 is 0 Å². The lowest BCUT2D eigenvalue weighted by Crippen LogP contribution is -2.31. The number of aromatic nitrogens is 2. The lowest BCUT2D eigenvalue weighted by atomic mass is 10.1. The Hall–Kier alpha value is -1.43. The minimum atomic E-state index is -0.214. The first-order valence-corrected chi connectivity index (χ1v) is 5.54. The van der Waals surface area contributed by atoms with Gasteiger partial charge in [0.15, 0.2) is 5.82 Å². The zero-order chi connectivity index (χ0) is 13.0. The number of aryl methyl sites for hydroxylation is 1. The van der Waals surface area contributed by atoms with E-state index < -0.39 is 0 Å². The van der Waals surface area contributed by atoms with Crippen LogP contribution in [0.4, 0.5) is 0 Å². The summed E-state index contributed by atoms with van der Waals surface area (Å²) in [4.78, 5) is 17.5. The maximum absolute atomic E-state index is 11.3. The van der Waals surface area contributed by atoms with Crippen LogP contribution in [0.2, 0.25) is 0 Å². The molecule has 6 heteroatoms. The average Bonchev–Trinajstić information content (AvgIpc) is 2.73. The van der Waals surface area contributed by atoms with Crippen LogP contribution in [0.1, 0.15) is 31.6 Å². The number of carbonyl (C=O) groups excluding carboxylic acids is 1. The highest BCUT2D eigenvalue weighted by atomic mass is 16.5. The van der Waals surface area contributed by atoms with Crippen LogP contribution in [0.15, 0.2) is 4.52 Å². The van der Waals surface area contributed by atoms with Gasteiger partial charge in [-0.1, -0.05) is 12.1 Å². The SMILES string of the molecule is COC(=O)[C@H](C)CN(C)[C@@H](C)c1noc(C)n1. The van der Waals surface area contributed by atoms with Crippen molar-refractivity contribution in [2.45, 2.75) is 26.8 Å². The van der Waals surface area contributed by atoms with Gasteiger partial charge in [0.1, 0.15) is 0 Å². The molecule has 0 bridgehead atoms. The van der Waals surface area contributed by atoms with Crippen molar-refractivity contribution in [1.82, 2.24) is 15.0 Å². The topological polar surface area (TPSA) is 68.5 Å². The van der Waals surface area contributed by atoms with Crippen LogP contribution in [-0.2, 0) is 9.53 Å². The third kappa shape index (κ3) is 3.52. The molecule has 2 atom stereocenters. The number of ether oxygens (including phenoxy) is 1. The van der Waals surface area contributed by atoms with Gasteiger partial charge in [0.05, 0.1) is 19.1 Å². The molecule has 0 aliphatic heterocycles. The van der Waals surface area contributed by atoms with Gasteiger partial charge < -0.3 is 9.26 Å². The molecule has 0 spiro atoms. The number of methoxy groups -OCH3 is 1. The lowest BCUT2D eigenvalue weighted by Gasteiger charge is -2.24. The van der Waals surface area contributed by atoms with E-state index >= 15 is 0 Å². The molecule has 0 unspecified atom stereocenters. The van der Waals surface area contributed by atoms with Crippen molar-refractivity contribution in [3.8, 4) is 0 Å². The number of hydrogen-bond donors (Lipinski definition) is 0. The molecule has 0 fully saturated rings. The van der Waals surface area contributed by atoms with E-state index in [0.29, 0.717) is 18.3 Å². The summed E-state index contributed by atoms with van der Waals surface area (Å²) in [7, 11) is 3.31. The summed E-state index contributed by atoms with van der Waals surface area (Å²) in [5.74, 6) is 0.775. The van der Waals surface area contributed by atoms with E-state index in [0.717, 1.165) is 0 Å². The molecule has 17 heavy (non-hydrogen) atoms. The van der Waals surface area contributed by atoms with Gasteiger partial charge in [-0.15, -0.1) is 0 Å². The minimum absolute atomic E-state index is 0.000411. The van der Waals surface area contributed by atoms with Crippen LogP contribution >= 0.6 is 0 Å². The minimum Gasteiger partial charge on any atom is -0.469 e. The summed E-state index contributed by atoms with van der Waals surface area (Å²) < 4.78 is 9.62. The molecule has 0 saturated heterocycles. The standard InChI is InChI=1S/C11H19N3O3/c1-7(11(15)16-5)6-14(4)8(2)10-12-9(3)17-13-10/h7-8H,6H2,1-5H3/t7-,8+/m1/s1.